The molecule has 2 fully saturated rings. The van der Waals surface area contributed by atoms with Crippen molar-refractivity contribution in [2.75, 3.05) is 11.4 Å². The molecule has 0 atom stereocenters. The molecule has 1 saturated carbocycles. The maximum atomic E-state index is 13.9. The number of carbonyl (C=O) groups is 2. The molecule has 3 amide bonds. The number of benzene rings is 1. The molecule has 0 radical (unpaired) electrons. The van der Waals surface area contributed by atoms with E-state index in [-0.39, 0.29) is 11.6 Å². The van der Waals surface area contributed by atoms with Gasteiger partial charge in [-0.2, -0.15) is 0 Å². The average molecular weight is 276 g/mol. The Morgan fingerprint density at radius 2 is 1.80 bits per heavy atom. The molecule has 3 rings (SSSR count). The first-order valence-corrected chi connectivity index (χ1v) is 7.01. The van der Waals surface area contributed by atoms with Crippen LogP contribution in [0.15, 0.2) is 24.3 Å². The van der Waals surface area contributed by atoms with Crippen molar-refractivity contribution in [2.45, 2.75) is 32.1 Å². The lowest BCUT2D eigenvalue weighted by Crippen LogP contribution is -2.61. The Morgan fingerprint density at radius 1 is 1.10 bits per heavy atom. The Morgan fingerprint density at radius 3 is 2.50 bits per heavy atom. The number of nitrogens with zero attached hydrogens (tertiary/aromatic N) is 1. The second-order valence-electron chi connectivity index (χ2n) is 5.59. The molecule has 20 heavy (non-hydrogen) atoms. The van der Waals surface area contributed by atoms with Gasteiger partial charge in [-0.25, -0.2) is 14.1 Å². The zero-order valence-electron chi connectivity index (χ0n) is 11.2. The minimum Gasteiger partial charge on any atom is -0.336 e. The normalized spacial score (nSPS) is 21.9. The zero-order chi connectivity index (χ0) is 14.2. The molecule has 4 nitrogen and oxygen atoms in total. The van der Waals surface area contributed by atoms with Crippen LogP contribution in [0, 0.1) is 11.2 Å². The van der Waals surface area contributed by atoms with Crippen LogP contribution in [0.1, 0.15) is 32.1 Å². The van der Waals surface area contributed by atoms with E-state index in [2.05, 4.69) is 5.32 Å². The third-order valence-corrected chi connectivity index (χ3v) is 4.34. The van der Waals surface area contributed by atoms with Crippen molar-refractivity contribution in [2.24, 2.45) is 5.41 Å². The predicted molar refractivity (Wildman–Crippen MR) is 72.8 cm³/mol. The molecule has 1 aromatic carbocycles. The smallest absolute Gasteiger partial charge is 0.328 e. The number of halogens is 1. The van der Waals surface area contributed by atoms with E-state index in [4.69, 9.17) is 0 Å². The highest BCUT2D eigenvalue weighted by molar-refractivity contribution is 6.18. The SMILES string of the molecule is O=C1NCC2(CCCCC2)C(=O)N1c1ccccc1F. The Labute approximate surface area is 117 Å². The number of nitrogens with one attached hydrogen (secondary N) is 1. The van der Waals surface area contributed by atoms with E-state index in [1.165, 1.54) is 12.1 Å². The van der Waals surface area contributed by atoms with E-state index in [1.54, 1.807) is 12.1 Å². The Hall–Kier alpha value is -1.91. The number of amides is 3. The number of rotatable bonds is 1. The van der Waals surface area contributed by atoms with Crippen molar-refractivity contribution in [3.63, 3.8) is 0 Å². The van der Waals surface area contributed by atoms with Crippen LogP contribution in [0.2, 0.25) is 0 Å². The minimum atomic E-state index is -0.552. The molecule has 1 aromatic rings. The molecule has 0 aromatic heterocycles. The van der Waals surface area contributed by atoms with Gasteiger partial charge in [-0.15, -0.1) is 0 Å². The van der Waals surface area contributed by atoms with Gasteiger partial charge >= 0.3 is 6.03 Å². The summed E-state index contributed by atoms with van der Waals surface area (Å²) >= 11 is 0. The van der Waals surface area contributed by atoms with Crippen molar-refractivity contribution in [3.8, 4) is 0 Å². The van der Waals surface area contributed by atoms with E-state index in [9.17, 15) is 14.0 Å². The summed E-state index contributed by atoms with van der Waals surface area (Å²) in [6, 6.07) is 5.37. The standard InChI is InChI=1S/C15H17FN2O2/c16-11-6-2-3-7-12(11)18-13(19)15(10-17-14(18)20)8-4-1-5-9-15/h2-3,6-7H,1,4-5,8-10H2,(H,17,20). The van der Waals surface area contributed by atoms with Crippen LogP contribution < -0.4 is 10.2 Å². The largest absolute Gasteiger partial charge is 0.336 e. The van der Waals surface area contributed by atoms with Crippen LogP contribution in [-0.4, -0.2) is 18.5 Å². The van der Waals surface area contributed by atoms with Crippen LogP contribution >= 0.6 is 0 Å². The van der Waals surface area contributed by atoms with Gasteiger partial charge in [0.25, 0.3) is 0 Å². The van der Waals surface area contributed by atoms with Gasteiger partial charge < -0.3 is 5.32 Å². The van der Waals surface area contributed by atoms with Gasteiger partial charge in [-0.05, 0) is 25.0 Å². The maximum absolute atomic E-state index is 13.9. The highest BCUT2D eigenvalue weighted by atomic mass is 19.1. The Bertz CT molecular complexity index is 553. The summed E-state index contributed by atoms with van der Waals surface area (Å²) in [5, 5.41) is 2.75. The lowest BCUT2D eigenvalue weighted by Gasteiger charge is -2.43. The van der Waals surface area contributed by atoms with Crippen LogP contribution in [0.25, 0.3) is 0 Å². The van der Waals surface area contributed by atoms with Gasteiger partial charge in [-0.3, -0.25) is 4.79 Å². The molecule has 0 bridgehead atoms. The number of hydrogen-bond acceptors (Lipinski definition) is 2. The van der Waals surface area contributed by atoms with Crippen molar-refractivity contribution >= 4 is 17.6 Å². The van der Waals surface area contributed by atoms with E-state index < -0.39 is 17.3 Å². The molecule has 1 aliphatic carbocycles. The number of imide groups is 1. The van der Waals surface area contributed by atoms with Crippen LogP contribution in [-0.2, 0) is 4.79 Å². The topological polar surface area (TPSA) is 49.4 Å². The molecule has 106 valence electrons. The predicted octanol–water partition coefficient (Wildman–Crippen LogP) is 2.83. The van der Waals surface area contributed by atoms with E-state index in [0.717, 1.165) is 37.0 Å². The van der Waals surface area contributed by atoms with Gasteiger partial charge in [0.1, 0.15) is 5.82 Å². The maximum Gasteiger partial charge on any atom is 0.328 e. The van der Waals surface area contributed by atoms with Crippen molar-refractivity contribution in [3.05, 3.63) is 30.1 Å². The summed E-state index contributed by atoms with van der Waals surface area (Å²) < 4.78 is 13.9. The summed E-state index contributed by atoms with van der Waals surface area (Å²) in [6.07, 6.45) is 4.59. The number of anilines is 1. The van der Waals surface area contributed by atoms with Gasteiger partial charge in [0.05, 0.1) is 11.1 Å². The Kier molecular flexibility index (Phi) is 3.20. The molecule has 1 aliphatic heterocycles. The van der Waals surface area contributed by atoms with E-state index in [0.29, 0.717) is 6.54 Å². The van der Waals surface area contributed by atoms with Crippen LogP contribution in [0.5, 0.6) is 0 Å². The van der Waals surface area contributed by atoms with Gasteiger partial charge in [0.2, 0.25) is 5.91 Å². The third-order valence-electron chi connectivity index (χ3n) is 4.34. The molecular weight excluding hydrogens is 259 g/mol. The average Bonchev–Trinajstić information content (AvgIpc) is 2.47. The zero-order valence-corrected chi connectivity index (χ0v) is 11.2. The number of urea groups is 1. The second kappa shape index (κ2) is 4.89. The summed E-state index contributed by atoms with van der Waals surface area (Å²) in [6.45, 7) is 0.371. The minimum absolute atomic E-state index is 0.0413. The molecule has 1 heterocycles. The van der Waals surface area contributed by atoms with Crippen LogP contribution in [0.3, 0.4) is 0 Å². The number of hydrogen-bond donors (Lipinski definition) is 1. The highest BCUT2D eigenvalue weighted by Crippen LogP contribution is 2.40. The van der Waals surface area contributed by atoms with Crippen LogP contribution in [0.4, 0.5) is 14.9 Å². The van der Waals surface area contributed by atoms with Gasteiger partial charge in [0.15, 0.2) is 0 Å². The molecule has 1 N–H and O–H groups in total. The van der Waals surface area contributed by atoms with Gasteiger partial charge in [-0.1, -0.05) is 31.4 Å². The molecule has 1 spiro atoms. The number of para-hydroxylation sites is 1. The summed E-state index contributed by atoms with van der Waals surface area (Å²) in [4.78, 5) is 25.8. The fraction of sp³-hybridized carbons (Fsp3) is 0.467. The second-order valence-corrected chi connectivity index (χ2v) is 5.59. The fourth-order valence-corrected chi connectivity index (χ4v) is 3.20. The quantitative estimate of drug-likeness (QED) is 0.857. The third kappa shape index (κ3) is 1.97. The molecule has 5 heteroatoms. The van der Waals surface area contributed by atoms with Crippen molar-refractivity contribution < 1.29 is 14.0 Å². The number of carbonyl (C=O) groups excluding carboxylic acids is 2. The van der Waals surface area contributed by atoms with Gasteiger partial charge in [0, 0.05) is 6.54 Å². The summed E-state index contributed by atoms with van der Waals surface area (Å²) in [5.74, 6) is -0.810. The highest BCUT2D eigenvalue weighted by Gasteiger charge is 2.48. The first-order chi connectivity index (χ1) is 9.64. The monoisotopic (exact) mass is 276 g/mol. The first kappa shape index (κ1) is 13.1. The molecule has 1 saturated heterocycles. The van der Waals surface area contributed by atoms with Crippen molar-refractivity contribution in [1.29, 1.82) is 0 Å². The summed E-state index contributed by atoms with van der Waals surface area (Å²) in [5.41, 5.74) is -0.506. The van der Waals surface area contributed by atoms with E-state index >= 15 is 0 Å². The molecular formula is C15H17FN2O2. The fourth-order valence-electron chi connectivity index (χ4n) is 3.20. The first-order valence-electron chi connectivity index (χ1n) is 7.01. The Balaban J connectivity index is 1.98. The van der Waals surface area contributed by atoms with Crippen molar-refractivity contribution in [1.82, 2.24) is 5.32 Å². The summed E-state index contributed by atoms with van der Waals surface area (Å²) in [7, 11) is 0. The lowest BCUT2D eigenvalue weighted by atomic mass is 9.72. The molecule has 0 unspecified atom stereocenters. The molecule has 2 aliphatic rings. The lowest BCUT2D eigenvalue weighted by molar-refractivity contribution is -0.130. The van der Waals surface area contributed by atoms with E-state index in [1.807, 2.05) is 0 Å².